The second kappa shape index (κ2) is 6.26. The first-order chi connectivity index (χ1) is 4.35. The molecule has 0 amide bonds. The van der Waals surface area contributed by atoms with Gasteiger partial charge in [0.25, 0.3) is 0 Å². The normalized spacial score (nSPS) is 13.7. The van der Waals surface area contributed by atoms with Crippen LogP contribution in [0.1, 0.15) is 20.3 Å². The zero-order valence-corrected chi connectivity index (χ0v) is 7.42. The van der Waals surface area contributed by atoms with E-state index in [1.807, 2.05) is 0 Å². The van der Waals surface area contributed by atoms with Crippen LogP contribution in [0.5, 0.6) is 0 Å². The van der Waals surface area contributed by atoms with Gasteiger partial charge in [-0.2, -0.15) is 0 Å². The first-order valence-corrected chi connectivity index (χ1v) is 5.68. The van der Waals surface area contributed by atoms with Crippen molar-refractivity contribution in [2.45, 2.75) is 32.4 Å². The van der Waals surface area contributed by atoms with Crippen LogP contribution in [-0.2, 0) is 4.43 Å². The molecule has 2 nitrogen and oxygen atoms in total. The zero-order chi connectivity index (χ0) is 7.11. The minimum absolute atomic E-state index is 0.0786. The molecule has 0 aliphatic rings. The van der Waals surface area contributed by atoms with Crippen LogP contribution in [0.4, 0.5) is 0 Å². The van der Waals surface area contributed by atoms with Gasteiger partial charge in [-0.25, -0.2) is 0 Å². The molecule has 0 aliphatic carbocycles. The molecule has 1 atom stereocenters. The third kappa shape index (κ3) is 4.63. The minimum Gasteiger partial charge on any atom is -0.398 e. The van der Waals surface area contributed by atoms with Crippen LogP contribution in [0, 0.1) is 0 Å². The highest BCUT2D eigenvalue weighted by atomic mass is 28.3. The number of hydrogen-bond donors (Lipinski definition) is 1. The van der Waals surface area contributed by atoms with Crippen LogP contribution >= 0.6 is 0 Å². The predicted octanol–water partition coefficient (Wildman–Crippen LogP) is 1.11. The molecule has 1 N–H and O–H groups in total. The van der Waals surface area contributed by atoms with E-state index < -0.39 is 9.04 Å². The van der Waals surface area contributed by atoms with E-state index in [1.54, 1.807) is 0 Å². The fraction of sp³-hybridized carbons (Fsp3) is 1.00. The molecule has 0 spiro atoms. The van der Waals surface area contributed by atoms with Gasteiger partial charge in [0.1, 0.15) is 6.79 Å². The highest BCUT2D eigenvalue weighted by Gasteiger charge is 2.05. The predicted molar refractivity (Wildman–Crippen MR) is 40.9 cm³/mol. The minimum atomic E-state index is -0.963. The Hall–Kier alpha value is 0.137. The van der Waals surface area contributed by atoms with Gasteiger partial charge in [-0.1, -0.05) is 20.3 Å². The van der Waals surface area contributed by atoms with Crippen molar-refractivity contribution in [1.82, 2.24) is 0 Å². The van der Waals surface area contributed by atoms with Gasteiger partial charge in [-0.15, -0.1) is 0 Å². The lowest BCUT2D eigenvalue weighted by Crippen LogP contribution is -2.16. The van der Waals surface area contributed by atoms with Gasteiger partial charge in [0.05, 0.1) is 0 Å². The molecule has 0 aromatic carbocycles. The summed E-state index contributed by atoms with van der Waals surface area (Å²) in [7, 11) is -0.963. The maximum absolute atomic E-state index is 8.41. The number of aliphatic hydroxyl groups excluding tert-OH is 1. The fourth-order valence-electron chi connectivity index (χ4n) is 0.833. The quantitative estimate of drug-likeness (QED) is 0.467. The summed E-state index contributed by atoms with van der Waals surface area (Å²) in [5.41, 5.74) is 0. The van der Waals surface area contributed by atoms with Gasteiger partial charge in [0, 0.05) is 0 Å². The molecule has 0 aliphatic heterocycles. The van der Waals surface area contributed by atoms with E-state index in [2.05, 4.69) is 13.8 Å². The average molecular weight is 148 g/mol. The molecular formula is C6H16O2Si. The SMILES string of the molecule is CCC[SiH](CC)OCO. The second-order valence-corrected chi connectivity index (χ2v) is 5.09. The molecule has 0 saturated heterocycles. The summed E-state index contributed by atoms with van der Waals surface area (Å²) in [6.07, 6.45) is 1.19. The highest BCUT2D eigenvalue weighted by Crippen LogP contribution is 2.02. The van der Waals surface area contributed by atoms with Crippen LogP contribution in [-0.4, -0.2) is 20.9 Å². The summed E-state index contributed by atoms with van der Waals surface area (Å²) >= 11 is 0. The lowest BCUT2D eigenvalue weighted by molar-refractivity contribution is 0.0961. The third-order valence-corrected chi connectivity index (χ3v) is 4.13. The Morgan fingerprint density at radius 1 is 1.44 bits per heavy atom. The maximum Gasteiger partial charge on any atom is 0.179 e. The Kier molecular flexibility index (Phi) is 6.35. The monoisotopic (exact) mass is 148 g/mol. The van der Waals surface area contributed by atoms with Gasteiger partial charge in [0.2, 0.25) is 0 Å². The Balaban J connectivity index is 3.18. The lowest BCUT2D eigenvalue weighted by atomic mass is 10.6. The number of rotatable bonds is 5. The van der Waals surface area contributed by atoms with E-state index in [-0.39, 0.29) is 6.79 Å². The van der Waals surface area contributed by atoms with Crippen LogP contribution in [0.3, 0.4) is 0 Å². The summed E-state index contributed by atoms with van der Waals surface area (Å²) in [5.74, 6) is 0. The smallest absolute Gasteiger partial charge is 0.179 e. The molecular weight excluding hydrogens is 132 g/mol. The highest BCUT2D eigenvalue weighted by molar-refractivity contribution is 6.51. The Morgan fingerprint density at radius 3 is 2.44 bits per heavy atom. The summed E-state index contributed by atoms with van der Waals surface area (Å²) in [6, 6.07) is 2.32. The molecule has 0 aromatic rings. The van der Waals surface area contributed by atoms with E-state index >= 15 is 0 Å². The largest absolute Gasteiger partial charge is 0.398 e. The molecule has 1 unspecified atom stereocenters. The van der Waals surface area contributed by atoms with Crippen molar-refractivity contribution in [1.29, 1.82) is 0 Å². The Morgan fingerprint density at radius 2 is 2.11 bits per heavy atom. The van der Waals surface area contributed by atoms with Crippen LogP contribution in [0.25, 0.3) is 0 Å². The molecule has 0 heterocycles. The van der Waals surface area contributed by atoms with Crippen molar-refractivity contribution in [2.75, 3.05) is 6.79 Å². The fourth-order valence-corrected chi connectivity index (χ4v) is 2.50. The second-order valence-electron chi connectivity index (χ2n) is 2.11. The Bertz CT molecular complexity index is 53.0. The van der Waals surface area contributed by atoms with E-state index in [4.69, 9.17) is 9.53 Å². The first-order valence-electron chi connectivity index (χ1n) is 3.57. The van der Waals surface area contributed by atoms with Crippen molar-refractivity contribution in [2.24, 2.45) is 0 Å². The summed E-state index contributed by atoms with van der Waals surface area (Å²) < 4.78 is 5.13. The number of aliphatic hydroxyl groups is 1. The molecule has 0 fully saturated rings. The molecule has 0 bridgehead atoms. The van der Waals surface area contributed by atoms with E-state index in [9.17, 15) is 0 Å². The van der Waals surface area contributed by atoms with Gasteiger partial charge >= 0.3 is 0 Å². The molecule has 0 rings (SSSR count). The van der Waals surface area contributed by atoms with Crippen LogP contribution < -0.4 is 0 Å². The zero-order valence-electron chi connectivity index (χ0n) is 6.26. The van der Waals surface area contributed by atoms with Gasteiger partial charge < -0.3 is 9.53 Å². The van der Waals surface area contributed by atoms with E-state index in [1.165, 1.54) is 12.5 Å². The third-order valence-electron chi connectivity index (χ3n) is 1.38. The molecule has 56 valence electrons. The molecule has 0 saturated carbocycles. The van der Waals surface area contributed by atoms with Crippen molar-refractivity contribution >= 4 is 9.04 Å². The molecule has 0 radical (unpaired) electrons. The van der Waals surface area contributed by atoms with Crippen molar-refractivity contribution in [3.63, 3.8) is 0 Å². The van der Waals surface area contributed by atoms with E-state index in [0.717, 1.165) is 6.04 Å². The van der Waals surface area contributed by atoms with E-state index in [0.29, 0.717) is 0 Å². The summed E-state index contributed by atoms with van der Waals surface area (Å²) in [4.78, 5) is 0. The van der Waals surface area contributed by atoms with Crippen LogP contribution in [0.2, 0.25) is 12.1 Å². The van der Waals surface area contributed by atoms with Crippen molar-refractivity contribution in [3.05, 3.63) is 0 Å². The summed E-state index contributed by atoms with van der Waals surface area (Å²) in [5, 5.41) is 8.41. The maximum atomic E-state index is 8.41. The Labute approximate surface area is 58.6 Å². The van der Waals surface area contributed by atoms with Gasteiger partial charge in [-0.3, -0.25) is 0 Å². The van der Waals surface area contributed by atoms with Gasteiger partial charge in [-0.05, 0) is 12.1 Å². The molecule has 0 aromatic heterocycles. The number of hydrogen-bond acceptors (Lipinski definition) is 2. The molecule has 9 heavy (non-hydrogen) atoms. The summed E-state index contributed by atoms with van der Waals surface area (Å²) in [6.45, 7) is 4.20. The lowest BCUT2D eigenvalue weighted by Gasteiger charge is -2.09. The van der Waals surface area contributed by atoms with Gasteiger partial charge in [0.15, 0.2) is 9.04 Å². The van der Waals surface area contributed by atoms with Crippen molar-refractivity contribution < 1.29 is 9.53 Å². The van der Waals surface area contributed by atoms with Crippen molar-refractivity contribution in [3.8, 4) is 0 Å². The first kappa shape index (κ1) is 9.14. The van der Waals surface area contributed by atoms with Crippen LogP contribution in [0.15, 0.2) is 0 Å². The molecule has 3 heteroatoms. The average Bonchev–Trinajstić information content (AvgIpc) is 1.88. The topological polar surface area (TPSA) is 29.5 Å². The standard InChI is InChI=1S/C6H16O2Si/c1-3-5-9(4-2)8-6-7/h7,9H,3-6H2,1-2H3.